The minimum Gasteiger partial charge on any atom is -0.466 e. The fraction of sp³-hybridized carbons (Fsp3) is 0.0909. The monoisotopic (exact) mass is 342 g/mol. The smallest absolute Gasteiger partial charge is 0.274 e. The molecule has 4 rings (SSSR count). The number of nitrogens with one attached hydrogen (secondary N) is 1. The van der Waals surface area contributed by atoms with Crippen LogP contribution in [0.25, 0.3) is 21.5 Å². The van der Waals surface area contributed by atoms with Crippen molar-refractivity contribution in [1.29, 1.82) is 0 Å². The van der Waals surface area contributed by atoms with E-state index in [-0.39, 0.29) is 5.91 Å². The maximum atomic E-state index is 12.3. The van der Waals surface area contributed by atoms with Gasteiger partial charge in [0.25, 0.3) is 5.91 Å². The van der Waals surface area contributed by atoms with Gasteiger partial charge >= 0.3 is 0 Å². The molecule has 128 valence electrons. The molecule has 1 amide bonds. The highest BCUT2D eigenvalue weighted by atomic mass is 16.3. The molecule has 0 unspecified atom stereocenters. The molecule has 0 aliphatic rings. The highest BCUT2D eigenvalue weighted by Gasteiger charge is 2.12. The Morgan fingerprint density at radius 2 is 1.58 bits per heavy atom. The molecule has 3 aromatic carbocycles. The van der Waals surface area contributed by atoms with Crippen molar-refractivity contribution in [3.63, 3.8) is 0 Å². The summed E-state index contributed by atoms with van der Waals surface area (Å²) in [6, 6.07) is 20.2. The molecule has 4 aromatic rings. The zero-order valence-corrected chi connectivity index (χ0v) is 14.6. The van der Waals surface area contributed by atoms with Crippen LogP contribution in [0.15, 0.2) is 70.2 Å². The fourth-order valence-corrected chi connectivity index (χ4v) is 3.26. The van der Waals surface area contributed by atoms with Gasteiger partial charge < -0.3 is 4.42 Å². The van der Waals surface area contributed by atoms with Crippen LogP contribution in [0.5, 0.6) is 0 Å². The lowest BCUT2D eigenvalue weighted by Gasteiger charge is -2.07. The number of carbonyl (C=O) groups excluding carboxylic acids is 1. The van der Waals surface area contributed by atoms with Gasteiger partial charge in [-0.1, -0.05) is 48.5 Å². The van der Waals surface area contributed by atoms with Crippen LogP contribution in [0.4, 0.5) is 0 Å². The van der Waals surface area contributed by atoms with Crippen LogP contribution < -0.4 is 5.43 Å². The van der Waals surface area contributed by atoms with E-state index in [1.165, 1.54) is 0 Å². The van der Waals surface area contributed by atoms with Crippen molar-refractivity contribution < 1.29 is 9.21 Å². The molecule has 0 saturated heterocycles. The normalized spacial score (nSPS) is 11.5. The predicted octanol–water partition coefficient (Wildman–Crippen LogP) is 4.97. The Morgan fingerprint density at radius 1 is 0.962 bits per heavy atom. The van der Waals surface area contributed by atoms with Crippen molar-refractivity contribution in [1.82, 2.24) is 5.43 Å². The number of hydrazone groups is 1. The third-order valence-electron chi connectivity index (χ3n) is 4.46. The maximum absolute atomic E-state index is 12.3. The lowest BCUT2D eigenvalue weighted by Crippen LogP contribution is -2.17. The van der Waals surface area contributed by atoms with Crippen molar-refractivity contribution in [2.24, 2.45) is 5.10 Å². The second kappa shape index (κ2) is 6.48. The molecule has 0 radical (unpaired) electrons. The first kappa shape index (κ1) is 16.1. The molecule has 0 bridgehead atoms. The number of aryl methyl sites for hydroxylation is 2. The van der Waals surface area contributed by atoms with E-state index in [2.05, 4.69) is 40.9 Å². The van der Waals surface area contributed by atoms with Crippen LogP contribution in [0.3, 0.4) is 0 Å². The van der Waals surface area contributed by atoms with Gasteiger partial charge in [0.1, 0.15) is 11.5 Å². The van der Waals surface area contributed by atoms with Crippen LogP contribution in [-0.2, 0) is 0 Å². The fourth-order valence-electron chi connectivity index (χ4n) is 3.26. The molecule has 26 heavy (non-hydrogen) atoms. The van der Waals surface area contributed by atoms with E-state index in [1.807, 2.05) is 31.2 Å². The van der Waals surface area contributed by atoms with Crippen molar-refractivity contribution in [2.45, 2.75) is 13.8 Å². The minimum absolute atomic E-state index is 0.278. The Balaban J connectivity index is 1.72. The van der Waals surface area contributed by atoms with Crippen LogP contribution in [0, 0.1) is 13.8 Å². The van der Waals surface area contributed by atoms with Gasteiger partial charge in [-0.15, -0.1) is 0 Å². The Labute approximate surface area is 151 Å². The highest BCUT2D eigenvalue weighted by molar-refractivity contribution is 6.13. The summed E-state index contributed by atoms with van der Waals surface area (Å²) in [6.07, 6.45) is 1.71. The first-order chi connectivity index (χ1) is 12.6. The highest BCUT2D eigenvalue weighted by Crippen LogP contribution is 2.27. The van der Waals surface area contributed by atoms with Gasteiger partial charge in [0.15, 0.2) is 0 Å². The first-order valence-corrected chi connectivity index (χ1v) is 8.44. The molecule has 0 saturated carbocycles. The summed E-state index contributed by atoms with van der Waals surface area (Å²) in [5, 5.41) is 8.67. The van der Waals surface area contributed by atoms with Gasteiger partial charge in [-0.3, -0.25) is 4.79 Å². The van der Waals surface area contributed by atoms with Gasteiger partial charge in [0, 0.05) is 5.56 Å². The van der Waals surface area contributed by atoms with E-state index >= 15 is 0 Å². The molecular formula is C22H18N2O2. The Morgan fingerprint density at radius 3 is 2.15 bits per heavy atom. The Kier molecular flexibility index (Phi) is 4.01. The molecule has 4 heteroatoms. The van der Waals surface area contributed by atoms with Crippen molar-refractivity contribution in [3.05, 3.63) is 83.3 Å². The quantitative estimate of drug-likeness (QED) is 0.325. The molecular weight excluding hydrogens is 324 g/mol. The third kappa shape index (κ3) is 2.86. The van der Waals surface area contributed by atoms with Crippen LogP contribution in [-0.4, -0.2) is 12.1 Å². The SMILES string of the molecule is Cc1cc(C(=O)NN=Cc2c3ccccc3cc3ccccc23)c(C)o1. The average molecular weight is 342 g/mol. The molecule has 0 spiro atoms. The molecule has 0 aliphatic carbocycles. The number of hydrogen-bond acceptors (Lipinski definition) is 3. The lowest BCUT2D eigenvalue weighted by atomic mass is 9.97. The Bertz CT molecular complexity index is 1100. The summed E-state index contributed by atoms with van der Waals surface area (Å²) in [4.78, 5) is 12.3. The number of rotatable bonds is 3. The average Bonchev–Trinajstić information content (AvgIpc) is 2.99. The summed E-state index contributed by atoms with van der Waals surface area (Å²) in [5.41, 5.74) is 4.09. The van der Waals surface area contributed by atoms with E-state index in [4.69, 9.17) is 4.42 Å². The number of nitrogens with zero attached hydrogens (tertiary/aromatic N) is 1. The van der Waals surface area contributed by atoms with Crippen LogP contribution in [0.1, 0.15) is 27.4 Å². The number of furan rings is 1. The zero-order chi connectivity index (χ0) is 18.1. The largest absolute Gasteiger partial charge is 0.466 e. The predicted molar refractivity (Wildman–Crippen MR) is 105 cm³/mol. The van der Waals surface area contributed by atoms with E-state index < -0.39 is 0 Å². The van der Waals surface area contributed by atoms with E-state index in [9.17, 15) is 4.79 Å². The molecule has 0 aliphatic heterocycles. The second-order valence-corrected chi connectivity index (χ2v) is 6.26. The summed E-state index contributed by atoms with van der Waals surface area (Å²) in [7, 11) is 0. The van der Waals surface area contributed by atoms with Crippen molar-refractivity contribution in [2.75, 3.05) is 0 Å². The molecule has 0 atom stereocenters. The number of hydrogen-bond donors (Lipinski definition) is 1. The molecule has 0 fully saturated rings. The van der Waals surface area contributed by atoms with Crippen molar-refractivity contribution in [3.8, 4) is 0 Å². The summed E-state index contributed by atoms with van der Waals surface area (Å²) >= 11 is 0. The standard InChI is InChI=1S/C22H18N2O2/c1-14-11-20(15(2)26-14)22(25)24-23-13-21-18-9-5-3-7-16(18)12-17-8-4-6-10-19(17)21/h3-13H,1-2H3,(H,24,25). The van der Waals surface area contributed by atoms with Gasteiger partial charge in [0.2, 0.25) is 0 Å². The number of amides is 1. The van der Waals surface area contributed by atoms with Gasteiger partial charge in [-0.25, -0.2) is 5.43 Å². The maximum Gasteiger partial charge on any atom is 0.274 e. The van der Waals surface area contributed by atoms with Gasteiger partial charge in [-0.05, 0) is 47.5 Å². The van der Waals surface area contributed by atoms with E-state index in [1.54, 1.807) is 19.2 Å². The molecule has 4 nitrogen and oxygen atoms in total. The zero-order valence-electron chi connectivity index (χ0n) is 14.6. The second-order valence-electron chi connectivity index (χ2n) is 6.26. The van der Waals surface area contributed by atoms with Gasteiger partial charge in [-0.2, -0.15) is 5.10 Å². The lowest BCUT2D eigenvalue weighted by molar-refractivity contribution is 0.0953. The van der Waals surface area contributed by atoms with Gasteiger partial charge in [0.05, 0.1) is 11.8 Å². The minimum atomic E-state index is -0.278. The third-order valence-corrected chi connectivity index (χ3v) is 4.46. The van der Waals surface area contributed by atoms with Crippen LogP contribution >= 0.6 is 0 Å². The summed E-state index contributed by atoms with van der Waals surface area (Å²) in [6.45, 7) is 3.58. The summed E-state index contributed by atoms with van der Waals surface area (Å²) < 4.78 is 5.40. The van der Waals surface area contributed by atoms with E-state index in [0.717, 1.165) is 27.1 Å². The molecule has 1 heterocycles. The first-order valence-electron chi connectivity index (χ1n) is 8.44. The number of fused-ring (bicyclic) bond motifs is 2. The summed E-state index contributed by atoms with van der Waals surface area (Å²) in [5.74, 6) is 1.02. The van der Waals surface area contributed by atoms with Crippen molar-refractivity contribution >= 4 is 33.7 Å². The molecule has 1 aromatic heterocycles. The number of benzene rings is 3. The topological polar surface area (TPSA) is 54.6 Å². The van der Waals surface area contributed by atoms with Crippen LogP contribution in [0.2, 0.25) is 0 Å². The van der Waals surface area contributed by atoms with E-state index in [0.29, 0.717) is 17.1 Å². The number of carbonyl (C=O) groups is 1. The Hall–Kier alpha value is -3.40. The molecule has 1 N–H and O–H groups in total.